The van der Waals surface area contributed by atoms with E-state index in [0.717, 1.165) is 32.5 Å². The molecule has 0 aliphatic carbocycles. The average Bonchev–Trinajstić information content (AvgIpc) is 2.82. The monoisotopic (exact) mass is 267 g/mol. The highest BCUT2D eigenvalue weighted by Gasteiger charge is 2.02. The minimum absolute atomic E-state index is 0.0722. The summed E-state index contributed by atoms with van der Waals surface area (Å²) in [5.41, 5.74) is 1.18. The summed E-state index contributed by atoms with van der Waals surface area (Å²) >= 11 is 0. The number of nitrogens with one attached hydrogen (secondary N) is 2. The maximum atomic E-state index is 11.6. The van der Waals surface area contributed by atoms with Gasteiger partial charge in [-0.05, 0) is 18.1 Å². The largest absolute Gasteiger partial charge is 0.383 e. The van der Waals surface area contributed by atoms with Crippen molar-refractivity contribution < 1.29 is 9.53 Å². The molecule has 0 spiro atoms. The van der Waals surface area contributed by atoms with Gasteiger partial charge in [-0.25, -0.2) is 0 Å². The van der Waals surface area contributed by atoms with Gasteiger partial charge < -0.3 is 19.9 Å². The number of methoxy groups -OCH3 is 1. The predicted octanol–water partition coefficient (Wildman–Crippen LogP) is 1.14. The van der Waals surface area contributed by atoms with E-state index in [1.807, 2.05) is 23.0 Å². The minimum Gasteiger partial charge on any atom is -0.383 e. The lowest BCUT2D eigenvalue weighted by atomic mass is 10.3. The van der Waals surface area contributed by atoms with E-state index in [4.69, 9.17) is 4.74 Å². The quantitative estimate of drug-likeness (QED) is 0.625. The lowest BCUT2D eigenvalue weighted by Gasteiger charge is -2.05. The number of unbranched alkanes of at least 4 members (excludes halogenated alkanes) is 1. The molecule has 0 radical (unpaired) electrons. The van der Waals surface area contributed by atoms with Crippen LogP contribution < -0.4 is 10.6 Å². The van der Waals surface area contributed by atoms with Crippen LogP contribution in [0.25, 0.3) is 0 Å². The van der Waals surface area contributed by atoms with Crippen molar-refractivity contribution in [3.8, 4) is 0 Å². The van der Waals surface area contributed by atoms with E-state index in [2.05, 4.69) is 17.6 Å². The summed E-state index contributed by atoms with van der Waals surface area (Å²) in [4.78, 5) is 11.6. The fourth-order valence-electron chi connectivity index (χ4n) is 1.73. The van der Waals surface area contributed by atoms with Crippen LogP contribution in [0.3, 0.4) is 0 Å². The molecule has 0 unspecified atom stereocenters. The van der Waals surface area contributed by atoms with Crippen LogP contribution in [0.2, 0.25) is 0 Å². The van der Waals surface area contributed by atoms with Crippen LogP contribution in [0.5, 0.6) is 0 Å². The molecule has 0 atom stereocenters. The highest BCUT2D eigenvalue weighted by Crippen LogP contribution is 2.00. The van der Waals surface area contributed by atoms with Crippen LogP contribution >= 0.6 is 0 Å². The van der Waals surface area contributed by atoms with Crippen molar-refractivity contribution in [1.82, 2.24) is 15.2 Å². The van der Waals surface area contributed by atoms with Gasteiger partial charge in [-0.1, -0.05) is 13.3 Å². The fraction of sp³-hybridized carbons (Fsp3) is 0.643. The molecule has 1 aromatic rings. The summed E-state index contributed by atoms with van der Waals surface area (Å²) in [6.07, 6.45) is 6.07. The smallest absolute Gasteiger partial charge is 0.239 e. The second-order valence-corrected chi connectivity index (χ2v) is 4.57. The molecule has 19 heavy (non-hydrogen) atoms. The van der Waals surface area contributed by atoms with Crippen LogP contribution in [-0.2, 0) is 22.6 Å². The first-order valence-electron chi connectivity index (χ1n) is 6.87. The van der Waals surface area contributed by atoms with Crippen LogP contribution in [0.1, 0.15) is 25.3 Å². The van der Waals surface area contributed by atoms with E-state index < -0.39 is 0 Å². The van der Waals surface area contributed by atoms with Gasteiger partial charge >= 0.3 is 0 Å². The van der Waals surface area contributed by atoms with Crippen molar-refractivity contribution in [2.45, 2.75) is 32.9 Å². The van der Waals surface area contributed by atoms with Crippen molar-refractivity contribution in [1.29, 1.82) is 0 Å². The first kappa shape index (κ1) is 15.7. The Bertz CT molecular complexity index is 363. The number of hydrogen-bond donors (Lipinski definition) is 2. The second kappa shape index (κ2) is 9.58. The summed E-state index contributed by atoms with van der Waals surface area (Å²) in [6, 6.07) is 2.03. The molecular formula is C14H25N3O2. The van der Waals surface area contributed by atoms with E-state index in [1.165, 1.54) is 5.56 Å². The van der Waals surface area contributed by atoms with E-state index >= 15 is 0 Å². The van der Waals surface area contributed by atoms with Gasteiger partial charge in [0.2, 0.25) is 5.91 Å². The highest BCUT2D eigenvalue weighted by molar-refractivity contribution is 5.75. The lowest BCUT2D eigenvalue weighted by molar-refractivity contribution is -0.121. The van der Waals surface area contributed by atoms with Crippen molar-refractivity contribution >= 4 is 5.91 Å². The summed E-state index contributed by atoms with van der Waals surface area (Å²) < 4.78 is 6.88. The van der Waals surface area contributed by atoms with Crippen LogP contribution in [-0.4, -0.2) is 37.3 Å². The molecule has 0 aromatic carbocycles. The molecule has 1 amide bonds. The van der Waals surface area contributed by atoms with Crippen molar-refractivity contribution in [3.63, 3.8) is 0 Å². The molecule has 0 aliphatic heterocycles. The number of aromatic nitrogens is 1. The maximum absolute atomic E-state index is 11.6. The zero-order valence-electron chi connectivity index (χ0n) is 11.9. The van der Waals surface area contributed by atoms with E-state index in [9.17, 15) is 4.79 Å². The van der Waals surface area contributed by atoms with Gasteiger partial charge in [-0.15, -0.1) is 0 Å². The molecule has 0 aliphatic rings. The average molecular weight is 267 g/mol. The topological polar surface area (TPSA) is 55.3 Å². The minimum atomic E-state index is 0.0722. The van der Waals surface area contributed by atoms with Gasteiger partial charge in [0.15, 0.2) is 0 Å². The zero-order valence-corrected chi connectivity index (χ0v) is 11.9. The standard InChI is InChI=1S/C14H25N3O2/c1-3-4-6-16-14(18)12-17-8-5-13(11-17)10-15-7-9-19-2/h5,8,11,15H,3-4,6-7,9-10,12H2,1-2H3,(H,16,18). The maximum Gasteiger partial charge on any atom is 0.239 e. The predicted molar refractivity (Wildman–Crippen MR) is 75.9 cm³/mol. The fourth-order valence-corrected chi connectivity index (χ4v) is 1.73. The van der Waals surface area contributed by atoms with Gasteiger partial charge in [0, 0.05) is 39.1 Å². The Morgan fingerprint density at radius 1 is 1.42 bits per heavy atom. The Balaban J connectivity index is 2.24. The molecular weight excluding hydrogens is 242 g/mol. The first-order chi connectivity index (χ1) is 9.26. The van der Waals surface area contributed by atoms with Gasteiger partial charge in [-0.2, -0.15) is 0 Å². The number of carbonyl (C=O) groups is 1. The Hall–Kier alpha value is -1.33. The summed E-state index contributed by atoms with van der Waals surface area (Å²) in [5.74, 6) is 0.0722. The third-order valence-corrected chi connectivity index (χ3v) is 2.80. The SMILES string of the molecule is CCCCNC(=O)Cn1ccc(CNCCOC)c1. The van der Waals surface area contributed by atoms with Crippen LogP contribution in [0.15, 0.2) is 18.5 Å². The Labute approximate surface area is 115 Å². The van der Waals surface area contributed by atoms with Gasteiger partial charge in [-0.3, -0.25) is 4.79 Å². The molecule has 1 heterocycles. The normalized spacial score (nSPS) is 10.6. The van der Waals surface area contributed by atoms with Crippen LogP contribution in [0, 0.1) is 0 Å². The van der Waals surface area contributed by atoms with Gasteiger partial charge in [0.25, 0.3) is 0 Å². The number of nitrogens with zero attached hydrogens (tertiary/aromatic N) is 1. The van der Waals surface area contributed by atoms with Gasteiger partial charge in [0.1, 0.15) is 6.54 Å². The molecule has 0 fully saturated rings. The van der Waals surface area contributed by atoms with Crippen molar-refractivity contribution in [2.75, 3.05) is 26.8 Å². The highest BCUT2D eigenvalue weighted by atomic mass is 16.5. The van der Waals surface area contributed by atoms with E-state index in [-0.39, 0.29) is 5.91 Å². The van der Waals surface area contributed by atoms with Crippen molar-refractivity contribution in [2.24, 2.45) is 0 Å². The molecule has 0 saturated carbocycles. The Morgan fingerprint density at radius 2 is 2.26 bits per heavy atom. The number of rotatable bonds is 10. The number of hydrogen-bond acceptors (Lipinski definition) is 3. The zero-order chi connectivity index (χ0) is 13.9. The second-order valence-electron chi connectivity index (χ2n) is 4.57. The van der Waals surface area contributed by atoms with Crippen molar-refractivity contribution in [3.05, 3.63) is 24.0 Å². The van der Waals surface area contributed by atoms with E-state index in [0.29, 0.717) is 13.2 Å². The molecule has 5 heteroatoms. The van der Waals surface area contributed by atoms with Crippen LogP contribution in [0.4, 0.5) is 0 Å². The molecule has 5 nitrogen and oxygen atoms in total. The lowest BCUT2D eigenvalue weighted by Crippen LogP contribution is -2.27. The molecule has 0 saturated heterocycles. The number of ether oxygens (including phenoxy) is 1. The molecule has 0 bridgehead atoms. The number of amides is 1. The number of carbonyl (C=O) groups excluding carboxylic acids is 1. The molecule has 1 rings (SSSR count). The van der Waals surface area contributed by atoms with E-state index in [1.54, 1.807) is 7.11 Å². The third kappa shape index (κ3) is 6.98. The van der Waals surface area contributed by atoms with Gasteiger partial charge in [0.05, 0.1) is 6.61 Å². The Kier molecular flexibility index (Phi) is 7.93. The summed E-state index contributed by atoms with van der Waals surface area (Å²) in [6.45, 7) is 5.61. The summed E-state index contributed by atoms with van der Waals surface area (Å²) in [5, 5.41) is 6.18. The molecule has 1 aromatic heterocycles. The third-order valence-electron chi connectivity index (χ3n) is 2.80. The molecule has 2 N–H and O–H groups in total. The molecule has 108 valence electrons. The first-order valence-corrected chi connectivity index (χ1v) is 6.87. The Morgan fingerprint density at radius 3 is 3.00 bits per heavy atom. The summed E-state index contributed by atoms with van der Waals surface area (Å²) in [7, 11) is 1.69.